The molecule has 0 spiro atoms. The maximum Gasteiger partial charge on any atom is 0.438 e. The number of hydrogen-bond donors (Lipinski definition) is 2. The van der Waals surface area contributed by atoms with Crippen molar-refractivity contribution in [2.24, 2.45) is 0 Å². The van der Waals surface area contributed by atoms with Gasteiger partial charge in [-0.15, -0.1) is 0 Å². The SMILES string of the molecule is O=P(O)(N(c1ccccc1)c1ccccc1)S(=O)(=O)O. The molecular weight excluding hydrogens is 301 g/mol. The third-order valence-corrected chi connectivity index (χ3v) is 6.42. The maximum absolute atomic E-state index is 12.2. The van der Waals surface area contributed by atoms with Gasteiger partial charge in [-0.3, -0.25) is 9.22 Å². The molecule has 0 heterocycles. The number of rotatable bonds is 4. The van der Waals surface area contributed by atoms with Gasteiger partial charge in [0.1, 0.15) is 0 Å². The van der Waals surface area contributed by atoms with Crippen LogP contribution in [0.15, 0.2) is 60.7 Å². The molecule has 0 aromatic heterocycles. The van der Waals surface area contributed by atoms with Gasteiger partial charge in [0, 0.05) is 0 Å². The lowest BCUT2D eigenvalue weighted by Crippen LogP contribution is -2.18. The van der Waals surface area contributed by atoms with Crippen molar-refractivity contribution in [3.8, 4) is 0 Å². The Morgan fingerprint density at radius 2 is 1.20 bits per heavy atom. The molecule has 0 saturated heterocycles. The first kappa shape index (κ1) is 14.7. The lowest BCUT2D eigenvalue weighted by atomic mass is 10.3. The van der Waals surface area contributed by atoms with Crippen molar-refractivity contribution in [2.75, 3.05) is 4.67 Å². The molecule has 1 atom stereocenters. The van der Waals surface area contributed by atoms with Crippen molar-refractivity contribution in [2.45, 2.75) is 0 Å². The number of benzene rings is 2. The minimum atomic E-state index is -5.16. The van der Waals surface area contributed by atoms with Crippen LogP contribution in [0.2, 0.25) is 0 Å². The molecule has 0 bridgehead atoms. The van der Waals surface area contributed by atoms with E-state index in [0.29, 0.717) is 4.67 Å². The predicted octanol–water partition coefficient (Wildman–Crippen LogP) is 2.81. The van der Waals surface area contributed by atoms with Gasteiger partial charge in [0.2, 0.25) is 0 Å². The van der Waals surface area contributed by atoms with Crippen LogP contribution < -0.4 is 4.67 Å². The Kier molecular flexibility index (Phi) is 3.96. The summed E-state index contributed by atoms with van der Waals surface area (Å²) in [7, 11) is -5.16. The Morgan fingerprint density at radius 3 is 1.50 bits per heavy atom. The van der Waals surface area contributed by atoms with Crippen LogP contribution >= 0.6 is 6.72 Å². The average molecular weight is 313 g/mol. The van der Waals surface area contributed by atoms with Crippen LogP contribution in [0.3, 0.4) is 0 Å². The van der Waals surface area contributed by atoms with Crippen molar-refractivity contribution in [1.82, 2.24) is 0 Å². The molecule has 2 aromatic rings. The molecule has 1 unspecified atom stereocenters. The Hall–Kier alpha value is -1.66. The molecule has 20 heavy (non-hydrogen) atoms. The number of nitrogens with zero attached hydrogens (tertiary/aromatic N) is 1. The number of para-hydroxylation sites is 2. The van der Waals surface area contributed by atoms with E-state index in [1.54, 1.807) is 36.4 Å². The van der Waals surface area contributed by atoms with E-state index in [4.69, 9.17) is 4.55 Å². The Balaban J connectivity index is 2.67. The summed E-state index contributed by atoms with van der Waals surface area (Å²) < 4.78 is 44.4. The predicted molar refractivity (Wildman–Crippen MR) is 76.4 cm³/mol. The highest BCUT2D eigenvalue weighted by molar-refractivity contribution is 8.48. The van der Waals surface area contributed by atoms with Gasteiger partial charge >= 0.3 is 16.5 Å². The third kappa shape index (κ3) is 2.76. The van der Waals surface area contributed by atoms with E-state index in [0.717, 1.165) is 0 Å². The molecule has 0 amide bonds. The van der Waals surface area contributed by atoms with E-state index in [1.165, 1.54) is 24.3 Å². The lowest BCUT2D eigenvalue weighted by molar-refractivity contribution is 0.458. The van der Waals surface area contributed by atoms with E-state index in [2.05, 4.69) is 0 Å². The topological polar surface area (TPSA) is 94.9 Å². The van der Waals surface area contributed by atoms with Crippen LogP contribution in [-0.4, -0.2) is 17.9 Å². The molecule has 2 aromatic carbocycles. The summed E-state index contributed by atoms with van der Waals surface area (Å²) in [6.07, 6.45) is 0. The molecule has 0 aliphatic carbocycles. The molecule has 0 aliphatic heterocycles. The Labute approximate surface area is 116 Å². The zero-order chi connectivity index (χ0) is 14.8. The van der Waals surface area contributed by atoms with Gasteiger partial charge < -0.3 is 4.89 Å². The molecule has 0 fully saturated rings. The fourth-order valence-corrected chi connectivity index (χ4v) is 3.92. The normalized spacial score (nSPS) is 14.5. The van der Waals surface area contributed by atoms with Crippen LogP contribution in [0.1, 0.15) is 0 Å². The second-order valence-corrected chi connectivity index (χ2v) is 9.01. The summed E-state index contributed by atoms with van der Waals surface area (Å²) in [5.74, 6) is 0. The van der Waals surface area contributed by atoms with Gasteiger partial charge in [-0.05, 0) is 24.3 Å². The van der Waals surface area contributed by atoms with Gasteiger partial charge in [0.05, 0.1) is 11.4 Å². The second-order valence-electron chi connectivity index (χ2n) is 3.92. The largest absolute Gasteiger partial charge is 0.438 e. The van der Waals surface area contributed by atoms with Crippen LogP contribution in [0.4, 0.5) is 11.4 Å². The molecule has 0 saturated carbocycles. The van der Waals surface area contributed by atoms with Crippen molar-refractivity contribution < 1.29 is 22.4 Å². The van der Waals surface area contributed by atoms with Crippen LogP contribution in [0.25, 0.3) is 0 Å². The summed E-state index contributed by atoms with van der Waals surface area (Å²) in [5, 5.41) is 0. The minimum absolute atomic E-state index is 0.183. The Morgan fingerprint density at radius 1 is 0.850 bits per heavy atom. The molecule has 0 aliphatic rings. The monoisotopic (exact) mass is 313 g/mol. The summed E-state index contributed by atoms with van der Waals surface area (Å²) >= 11 is 0. The summed E-state index contributed by atoms with van der Waals surface area (Å²) in [4.78, 5) is 9.86. The van der Waals surface area contributed by atoms with E-state index in [9.17, 15) is 17.9 Å². The molecule has 6 nitrogen and oxygen atoms in total. The van der Waals surface area contributed by atoms with Gasteiger partial charge in [-0.25, -0.2) is 4.57 Å². The van der Waals surface area contributed by atoms with E-state index >= 15 is 0 Å². The first-order chi connectivity index (χ1) is 9.34. The molecule has 2 rings (SSSR count). The smallest absolute Gasteiger partial charge is 0.316 e. The Bertz CT molecular complexity index is 693. The fourth-order valence-electron chi connectivity index (χ4n) is 1.68. The lowest BCUT2D eigenvalue weighted by Gasteiger charge is -2.27. The molecule has 106 valence electrons. The fraction of sp³-hybridized carbons (Fsp3) is 0. The molecule has 8 heteroatoms. The summed E-state index contributed by atoms with van der Waals surface area (Å²) in [6, 6.07) is 15.6. The van der Waals surface area contributed by atoms with Gasteiger partial charge in [-0.1, -0.05) is 36.4 Å². The van der Waals surface area contributed by atoms with Crippen molar-refractivity contribution >= 4 is 27.8 Å². The molecule has 0 radical (unpaired) electrons. The van der Waals surface area contributed by atoms with Crippen LogP contribution in [0, 0.1) is 0 Å². The van der Waals surface area contributed by atoms with Crippen molar-refractivity contribution in [3.05, 3.63) is 60.7 Å². The first-order valence-corrected chi connectivity index (χ1v) is 9.21. The summed E-state index contributed by atoms with van der Waals surface area (Å²) in [6.45, 7) is -5.07. The van der Waals surface area contributed by atoms with Crippen molar-refractivity contribution in [1.29, 1.82) is 0 Å². The zero-order valence-electron chi connectivity index (χ0n) is 10.2. The first-order valence-electron chi connectivity index (χ1n) is 5.55. The van der Waals surface area contributed by atoms with E-state index < -0.39 is 16.5 Å². The van der Waals surface area contributed by atoms with E-state index in [-0.39, 0.29) is 11.4 Å². The van der Waals surface area contributed by atoms with Crippen LogP contribution in [0.5, 0.6) is 0 Å². The van der Waals surface area contributed by atoms with Gasteiger partial charge in [0.15, 0.2) is 0 Å². The second kappa shape index (κ2) is 5.38. The van der Waals surface area contributed by atoms with E-state index in [1.807, 2.05) is 0 Å². The highest BCUT2D eigenvalue weighted by Crippen LogP contribution is 2.56. The third-order valence-electron chi connectivity index (χ3n) is 2.55. The summed E-state index contributed by atoms with van der Waals surface area (Å²) in [5.41, 5.74) is 0.365. The highest BCUT2D eigenvalue weighted by atomic mass is 32.8. The molecular formula is C12H12NO5PS. The zero-order valence-corrected chi connectivity index (χ0v) is 11.9. The van der Waals surface area contributed by atoms with Crippen LogP contribution in [-0.2, 0) is 14.3 Å². The molecule has 2 N–H and O–H groups in total. The maximum atomic E-state index is 12.2. The standard InChI is InChI=1S/C12H12NO5PS/c14-19(15,20(16,17)18)13(11-7-3-1-4-8-11)12-9-5-2-6-10-12/h1-10H,(H,14,15)(H,16,17,18). The number of anilines is 2. The minimum Gasteiger partial charge on any atom is -0.316 e. The van der Waals surface area contributed by atoms with Crippen molar-refractivity contribution in [3.63, 3.8) is 0 Å². The van der Waals surface area contributed by atoms with Gasteiger partial charge in [0.25, 0.3) is 0 Å². The van der Waals surface area contributed by atoms with Gasteiger partial charge in [-0.2, -0.15) is 8.42 Å². The highest BCUT2D eigenvalue weighted by Gasteiger charge is 2.42. The number of hydrogen-bond acceptors (Lipinski definition) is 3. The quantitative estimate of drug-likeness (QED) is 0.666. The average Bonchev–Trinajstić information content (AvgIpc) is 2.40.